The van der Waals surface area contributed by atoms with Gasteiger partial charge in [0.05, 0.1) is 0 Å². The summed E-state index contributed by atoms with van der Waals surface area (Å²) >= 11 is 0. The molecule has 0 saturated heterocycles. The molecule has 0 aromatic heterocycles. The van der Waals surface area contributed by atoms with Crippen molar-refractivity contribution in [2.45, 2.75) is 78.3 Å². The molecule has 2 aromatic rings. The number of halogens is 6. The van der Waals surface area contributed by atoms with Crippen molar-refractivity contribution in [1.29, 1.82) is 0 Å². The Hall–Kier alpha value is -3.15. The van der Waals surface area contributed by atoms with Crippen LogP contribution in [-0.4, -0.2) is 29.5 Å². The normalized spacial score (nSPS) is 13.5. The third kappa shape index (κ3) is 5.73. The Morgan fingerprint density at radius 2 is 1.41 bits per heavy atom. The first-order chi connectivity index (χ1) is 16.9. The minimum atomic E-state index is -5.77. The third-order valence-corrected chi connectivity index (χ3v) is 7.06. The van der Waals surface area contributed by atoms with Crippen molar-refractivity contribution in [1.82, 2.24) is 0 Å². The topological polar surface area (TPSA) is 46.5 Å². The van der Waals surface area contributed by atoms with E-state index in [-0.39, 0.29) is 18.2 Å². The molecule has 202 valence electrons. The van der Waals surface area contributed by atoms with Crippen LogP contribution in [0.4, 0.5) is 26.3 Å². The second-order valence-electron chi connectivity index (χ2n) is 9.28. The van der Waals surface area contributed by atoms with E-state index in [2.05, 4.69) is 10.7 Å². The van der Waals surface area contributed by atoms with E-state index in [1.54, 1.807) is 32.0 Å². The Labute approximate surface area is 212 Å². The van der Waals surface area contributed by atoms with Crippen LogP contribution in [0, 0.1) is 31.1 Å². The highest BCUT2D eigenvalue weighted by Gasteiger charge is 2.72. The van der Waals surface area contributed by atoms with Crippen LogP contribution in [0.1, 0.15) is 68.4 Å². The van der Waals surface area contributed by atoms with Crippen molar-refractivity contribution in [2.75, 3.05) is 0 Å². The standard InChI is InChI=1S/C28H30F6O3/c1-7-26(8-2,22-12-13-23(36)18(4)16-22)21-11-9-20(17(3)15-21)10-14-24(37-19(5)35)25(6,27(29,30)31)28(32,33)34/h9,11-13,15-16,24,36H,7-8H2,1-6H3. The molecule has 9 heteroatoms. The van der Waals surface area contributed by atoms with Crippen LogP contribution in [0.3, 0.4) is 0 Å². The molecule has 0 aliphatic rings. The molecule has 1 unspecified atom stereocenters. The first kappa shape index (κ1) is 30.1. The second kappa shape index (κ2) is 10.7. The Kier molecular flexibility index (Phi) is 8.68. The fourth-order valence-electron chi connectivity index (χ4n) is 4.35. The van der Waals surface area contributed by atoms with Gasteiger partial charge in [0.15, 0.2) is 6.10 Å². The number of phenolic OH excluding ortho intramolecular Hbond substituents is 1. The number of rotatable bonds is 6. The fraction of sp³-hybridized carbons (Fsp3) is 0.464. The number of carbonyl (C=O) groups is 1. The predicted molar refractivity (Wildman–Crippen MR) is 128 cm³/mol. The minimum absolute atomic E-state index is 0.0677. The van der Waals surface area contributed by atoms with E-state index in [0.717, 1.165) is 18.1 Å². The average Bonchev–Trinajstić information content (AvgIpc) is 2.78. The Balaban J connectivity index is 2.62. The molecule has 1 atom stereocenters. The summed E-state index contributed by atoms with van der Waals surface area (Å²) in [7, 11) is 0. The number of ether oxygens (including phenoxy) is 1. The van der Waals surface area contributed by atoms with Crippen molar-refractivity contribution in [3.63, 3.8) is 0 Å². The molecular weight excluding hydrogens is 498 g/mol. The highest BCUT2D eigenvalue weighted by atomic mass is 19.4. The van der Waals surface area contributed by atoms with Gasteiger partial charge in [-0.25, -0.2) is 0 Å². The maximum atomic E-state index is 13.6. The van der Waals surface area contributed by atoms with Gasteiger partial charge in [0.1, 0.15) is 5.75 Å². The van der Waals surface area contributed by atoms with Crippen LogP contribution in [0.5, 0.6) is 5.75 Å². The zero-order chi connectivity index (χ0) is 28.4. The van der Waals surface area contributed by atoms with E-state index in [9.17, 15) is 36.2 Å². The van der Waals surface area contributed by atoms with Crippen molar-refractivity contribution < 1.29 is 41.0 Å². The van der Waals surface area contributed by atoms with E-state index in [1.165, 1.54) is 6.07 Å². The van der Waals surface area contributed by atoms with Crippen LogP contribution in [-0.2, 0) is 14.9 Å². The largest absolute Gasteiger partial charge is 0.508 e. The molecule has 3 nitrogen and oxygen atoms in total. The predicted octanol–water partition coefficient (Wildman–Crippen LogP) is 7.53. The number of phenols is 1. The molecule has 0 spiro atoms. The lowest BCUT2D eigenvalue weighted by molar-refractivity contribution is -0.352. The summed E-state index contributed by atoms with van der Waals surface area (Å²) in [6.07, 6.45) is -13.0. The van der Waals surface area contributed by atoms with Crippen molar-refractivity contribution in [2.24, 2.45) is 5.41 Å². The van der Waals surface area contributed by atoms with Gasteiger partial charge < -0.3 is 9.84 Å². The summed E-state index contributed by atoms with van der Waals surface area (Å²) in [4.78, 5) is 11.4. The summed E-state index contributed by atoms with van der Waals surface area (Å²) in [6.45, 7) is 8.11. The summed E-state index contributed by atoms with van der Waals surface area (Å²) in [5, 5.41) is 9.93. The highest BCUT2D eigenvalue weighted by Crippen LogP contribution is 2.53. The first-order valence-electron chi connectivity index (χ1n) is 11.7. The van der Waals surface area contributed by atoms with E-state index in [4.69, 9.17) is 0 Å². The molecule has 0 heterocycles. The minimum Gasteiger partial charge on any atom is -0.508 e. The number of hydrogen-bond acceptors (Lipinski definition) is 3. The fourth-order valence-corrected chi connectivity index (χ4v) is 4.35. The van der Waals surface area contributed by atoms with E-state index < -0.39 is 35.3 Å². The molecule has 0 saturated carbocycles. The van der Waals surface area contributed by atoms with E-state index in [0.29, 0.717) is 24.0 Å². The van der Waals surface area contributed by atoms with Gasteiger partial charge in [0.2, 0.25) is 5.41 Å². The Bertz CT molecular complexity index is 1180. The SMILES string of the molecule is CCC(CC)(c1ccc(O)c(C)c1)c1ccc(C#CC(OC(C)=O)C(C)(C(F)(F)F)C(F)(F)F)c(C)c1. The lowest BCUT2D eigenvalue weighted by Crippen LogP contribution is -2.56. The van der Waals surface area contributed by atoms with Gasteiger partial charge in [-0.2, -0.15) is 26.3 Å². The molecule has 0 amide bonds. The van der Waals surface area contributed by atoms with Crippen LogP contribution in [0.2, 0.25) is 0 Å². The molecule has 0 aliphatic carbocycles. The smallest absolute Gasteiger partial charge is 0.407 e. The maximum Gasteiger partial charge on any atom is 0.407 e. The Morgan fingerprint density at radius 1 is 0.919 bits per heavy atom. The van der Waals surface area contributed by atoms with Gasteiger partial charge in [-0.3, -0.25) is 4.79 Å². The van der Waals surface area contributed by atoms with Crippen LogP contribution in [0.25, 0.3) is 0 Å². The first-order valence-corrected chi connectivity index (χ1v) is 11.7. The number of esters is 1. The molecule has 0 aliphatic heterocycles. The lowest BCUT2D eigenvalue weighted by Gasteiger charge is -2.37. The Morgan fingerprint density at radius 3 is 1.81 bits per heavy atom. The number of aromatic hydroxyl groups is 1. The number of aryl methyl sites for hydroxylation is 2. The van der Waals surface area contributed by atoms with Crippen LogP contribution >= 0.6 is 0 Å². The molecule has 0 fully saturated rings. The monoisotopic (exact) mass is 528 g/mol. The van der Waals surface area contributed by atoms with Crippen molar-refractivity contribution >= 4 is 5.97 Å². The number of alkyl halides is 6. The van der Waals surface area contributed by atoms with Gasteiger partial charge in [-0.15, -0.1) is 0 Å². The van der Waals surface area contributed by atoms with Gasteiger partial charge in [-0.1, -0.05) is 50.0 Å². The lowest BCUT2D eigenvalue weighted by atomic mass is 9.70. The summed E-state index contributed by atoms with van der Waals surface area (Å²) in [6, 6.07) is 10.4. The van der Waals surface area contributed by atoms with E-state index >= 15 is 0 Å². The molecule has 37 heavy (non-hydrogen) atoms. The van der Waals surface area contributed by atoms with Gasteiger partial charge in [-0.05, 0) is 68.0 Å². The zero-order valence-electron chi connectivity index (χ0n) is 21.5. The number of hydrogen-bond donors (Lipinski definition) is 1. The summed E-state index contributed by atoms with van der Waals surface area (Å²) < 4.78 is 86.0. The highest BCUT2D eigenvalue weighted by molar-refractivity contribution is 5.66. The molecular formula is C28H30F6O3. The van der Waals surface area contributed by atoms with Gasteiger partial charge in [0.25, 0.3) is 0 Å². The molecule has 2 rings (SSSR count). The van der Waals surface area contributed by atoms with Crippen molar-refractivity contribution in [3.8, 4) is 17.6 Å². The molecule has 0 bridgehead atoms. The maximum absolute atomic E-state index is 13.6. The third-order valence-electron chi connectivity index (χ3n) is 7.06. The van der Waals surface area contributed by atoms with E-state index in [1.807, 2.05) is 31.9 Å². The quantitative estimate of drug-likeness (QED) is 0.240. The average molecular weight is 529 g/mol. The van der Waals surface area contributed by atoms with Crippen molar-refractivity contribution in [3.05, 3.63) is 64.2 Å². The second-order valence-corrected chi connectivity index (χ2v) is 9.28. The number of carbonyl (C=O) groups excluding carboxylic acids is 1. The van der Waals surface area contributed by atoms with Gasteiger partial charge in [0, 0.05) is 17.9 Å². The zero-order valence-corrected chi connectivity index (χ0v) is 21.5. The van der Waals surface area contributed by atoms with Crippen LogP contribution in [0.15, 0.2) is 36.4 Å². The summed E-state index contributed by atoms with van der Waals surface area (Å²) in [5.41, 5.74) is -1.53. The van der Waals surface area contributed by atoms with Gasteiger partial charge >= 0.3 is 18.3 Å². The number of benzene rings is 2. The summed E-state index contributed by atoms with van der Waals surface area (Å²) in [5.74, 6) is 3.16. The molecule has 1 N–H and O–H groups in total. The molecule has 0 radical (unpaired) electrons. The molecule has 2 aromatic carbocycles. The van der Waals surface area contributed by atoms with Crippen LogP contribution < -0.4 is 0 Å².